The maximum absolute atomic E-state index is 13.8. The lowest BCUT2D eigenvalue weighted by Crippen LogP contribution is -2.57. The zero-order valence-corrected chi connectivity index (χ0v) is 20.3. The van der Waals surface area contributed by atoms with E-state index in [1.165, 1.54) is 11.3 Å². The van der Waals surface area contributed by atoms with E-state index >= 15 is 0 Å². The molecule has 8 heteroatoms. The quantitative estimate of drug-likeness (QED) is 0.576. The van der Waals surface area contributed by atoms with E-state index in [0.717, 1.165) is 47.1 Å². The van der Waals surface area contributed by atoms with Crippen LogP contribution in [0.25, 0.3) is 10.6 Å². The first-order chi connectivity index (χ1) is 16.5. The second-order valence-electron chi connectivity index (χ2n) is 8.75. The largest absolute Gasteiger partial charge is 0.497 e. The molecule has 1 atom stereocenters. The Bertz CT molecular complexity index is 1180. The van der Waals surface area contributed by atoms with E-state index in [-0.39, 0.29) is 11.8 Å². The summed E-state index contributed by atoms with van der Waals surface area (Å²) in [5.74, 6) is 0.573. The summed E-state index contributed by atoms with van der Waals surface area (Å²) in [6, 6.07) is 15.0. The van der Waals surface area contributed by atoms with Crippen LogP contribution in [-0.4, -0.2) is 73.0 Å². The maximum atomic E-state index is 13.8. The third-order valence-electron chi connectivity index (χ3n) is 6.63. The third kappa shape index (κ3) is 4.31. The van der Waals surface area contributed by atoms with Gasteiger partial charge < -0.3 is 14.5 Å². The van der Waals surface area contributed by atoms with E-state index in [1.54, 1.807) is 17.4 Å². The molecule has 3 heterocycles. The first kappa shape index (κ1) is 22.6. The van der Waals surface area contributed by atoms with E-state index in [4.69, 9.17) is 4.74 Å². The fourth-order valence-corrected chi connectivity index (χ4v) is 5.43. The van der Waals surface area contributed by atoms with Crippen molar-refractivity contribution in [3.63, 3.8) is 0 Å². The van der Waals surface area contributed by atoms with Gasteiger partial charge >= 0.3 is 0 Å². The van der Waals surface area contributed by atoms with Gasteiger partial charge in [-0.05, 0) is 55.8 Å². The highest BCUT2D eigenvalue weighted by Gasteiger charge is 2.39. The van der Waals surface area contributed by atoms with Crippen molar-refractivity contribution >= 4 is 28.8 Å². The normalized spacial score (nSPS) is 18.5. The smallest absolute Gasteiger partial charge is 0.278 e. The number of ether oxygens (including phenoxy) is 1. The van der Waals surface area contributed by atoms with Crippen molar-refractivity contribution in [2.45, 2.75) is 18.9 Å². The Morgan fingerprint density at radius 2 is 1.76 bits per heavy atom. The molecule has 34 heavy (non-hydrogen) atoms. The van der Waals surface area contributed by atoms with Crippen LogP contribution in [-0.2, 0) is 11.2 Å². The number of aromatic nitrogens is 1. The molecule has 0 saturated carbocycles. The highest BCUT2D eigenvalue weighted by Crippen LogP contribution is 2.34. The number of amides is 2. The number of rotatable bonds is 4. The predicted molar refractivity (Wildman–Crippen MR) is 134 cm³/mol. The molecule has 1 aromatic heterocycles. The third-order valence-corrected chi connectivity index (χ3v) is 7.52. The van der Waals surface area contributed by atoms with Crippen molar-refractivity contribution in [3.8, 4) is 16.3 Å². The van der Waals surface area contributed by atoms with Crippen LogP contribution in [0.15, 0.2) is 53.9 Å². The Balaban J connectivity index is 1.45. The first-order valence-electron chi connectivity index (χ1n) is 11.5. The summed E-state index contributed by atoms with van der Waals surface area (Å²) >= 11 is 1.43. The number of hydrogen-bond acceptors (Lipinski definition) is 6. The van der Waals surface area contributed by atoms with Crippen molar-refractivity contribution < 1.29 is 14.3 Å². The number of para-hydroxylation sites is 1. The molecule has 2 aromatic carbocycles. The number of carbonyl (C=O) groups excluding carboxylic acids is 2. The van der Waals surface area contributed by atoms with E-state index in [2.05, 4.69) is 16.9 Å². The molecule has 0 aliphatic carbocycles. The highest BCUT2D eigenvalue weighted by molar-refractivity contribution is 7.13. The molecule has 176 valence electrons. The summed E-state index contributed by atoms with van der Waals surface area (Å²) in [5, 5.41) is 2.55. The van der Waals surface area contributed by atoms with E-state index < -0.39 is 6.04 Å². The molecular formula is C26H28N4O3S. The highest BCUT2D eigenvalue weighted by atomic mass is 32.1. The van der Waals surface area contributed by atoms with Crippen LogP contribution in [0.2, 0.25) is 0 Å². The summed E-state index contributed by atoms with van der Waals surface area (Å²) in [4.78, 5) is 37.9. The molecule has 1 fully saturated rings. The molecule has 1 saturated heterocycles. The Morgan fingerprint density at radius 3 is 2.50 bits per heavy atom. The number of likely N-dealkylation sites (N-methyl/N-ethyl adjacent to an activating group) is 1. The van der Waals surface area contributed by atoms with Crippen molar-refractivity contribution in [1.82, 2.24) is 14.8 Å². The van der Waals surface area contributed by atoms with Gasteiger partial charge in [-0.25, -0.2) is 4.98 Å². The fraction of sp³-hybridized carbons (Fsp3) is 0.346. The summed E-state index contributed by atoms with van der Waals surface area (Å²) in [5.41, 5.74) is 3.19. The van der Waals surface area contributed by atoms with Gasteiger partial charge in [0.05, 0.1) is 7.11 Å². The number of anilines is 1. The molecule has 0 unspecified atom stereocenters. The van der Waals surface area contributed by atoms with E-state index in [0.29, 0.717) is 25.2 Å². The molecule has 2 aliphatic rings. The average Bonchev–Trinajstić information content (AvgIpc) is 3.38. The standard InChI is InChI=1S/C26H28N4O3S/c1-28-13-15-29(16-14-28)26(32)23-12-9-18-5-3-4-6-22(18)30(23)25(31)21-17-34-24(27-21)19-7-10-20(33-2)11-8-19/h3-8,10-11,17,23H,9,12-16H2,1-2H3/t23-/m0/s1. The van der Waals surface area contributed by atoms with Gasteiger partial charge in [-0.15, -0.1) is 11.3 Å². The Labute approximate surface area is 203 Å². The van der Waals surface area contributed by atoms with Gasteiger partial charge in [-0.2, -0.15) is 0 Å². The van der Waals surface area contributed by atoms with Crippen molar-refractivity contribution in [1.29, 1.82) is 0 Å². The van der Waals surface area contributed by atoms with Gasteiger partial charge in [0, 0.05) is 42.8 Å². The van der Waals surface area contributed by atoms with Crippen molar-refractivity contribution in [2.75, 3.05) is 45.2 Å². The van der Waals surface area contributed by atoms with Crippen LogP contribution in [0.5, 0.6) is 5.75 Å². The molecule has 3 aromatic rings. The number of methoxy groups -OCH3 is 1. The second-order valence-corrected chi connectivity index (χ2v) is 9.61. The lowest BCUT2D eigenvalue weighted by atomic mass is 9.94. The molecule has 5 rings (SSSR count). The number of carbonyl (C=O) groups is 2. The van der Waals surface area contributed by atoms with Crippen LogP contribution in [0, 0.1) is 0 Å². The maximum Gasteiger partial charge on any atom is 0.278 e. The summed E-state index contributed by atoms with van der Waals surface area (Å²) in [6.07, 6.45) is 1.39. The van der Waals surface area contributed by atoms with Crippen LogP contribution < -0.4 is 9.64 Å². The van der Waals surface area contributed by atoms with Crippen molar-refractivity contribution in [3.05, 3.63) is 65.2 Å². The number of nitrogens with zero attached hydrogens (tertiary/aromatic N) is 4. The molecular weight excluding hydrogens is 448 g/mol. The van der Waals surface area contributed by atoms with Gasteiger partial charge in [0.1, 0.15) is 22.5 Å². The molecule has 0 spiro atoms. The van der Waals surface area contributed by atoms with E-state index in [1.807, 2.05) is 53.4 Å². The number of piperazine rings is 1. The summed E-state index contributed by atoms with van der Waals surface area (Å²) in [7, 11) is 3.70. The van der Waals surface area contributed by atoms with Gasteiger partial charge in [-0.3, -0.25) is 14.5 Å². The molecule has 0 bridgehead atoms. The lowest BCUT2D eigenvalue weighted by Gasteiger charge is -2.40. The van der Waals surface area contributed by atoms with Gasteiger partial charge in [0.15, 0.2) is 0 Å². The molecule has 0 radical (unpaired) electrons. The van der Waals surface area contributed by atoms with Crippen LogP contribution >= 0.6 is 11.3 Å². The molecule has 7 nitrogen and oxygen atoms in total. The van der Waals surface area contributed by atoms with Gasteiger partial charge in [-0.1, -0.05) is 18.2 Å². The predicted octanol–water partition coefficient (Wildman–Crippen LogP) is 3.55. The first-order valence-corrected chi connectivity index (χ1v) is 12.4. The van der Waals surface area contributed by atoms with Gasteiger partial charge in [0.2, 0.25) is 5.91 Å². The number of thiazole rings is 1. The summed E-state index contributed by atoms with van der Waals surface area (Å²) in [6.45, 7) is 3.07. The second kappa shape index (κ2) is 9.56. The fourth-order valence-electron chi connectivity index (χ4n) is 4.63. The SMILES string of the molecule is COc1ccc(-c2nc(C(=O)N3c4ccccc4CC[C@H]3C(=O)N3CCN(C)CC3)cs2)cc1. The summed E-state index contributed by atoms with van der Waals surface area (Å²) < 4.78 is 5.23. The van der Waals surface area contributed by atoms with Gasteiger partial charge in [0.25, 0.3) is 5.91 Å². The van der Waals surface area contributed by atoms with Crippen LogP contribution in [0.3, 0.4) is 0 Å². The molecule has 2 aliphatic heterocycles. The number of fused-ring (bicyclic) bond motifs is 1. The molecule has 0 N–H and O–H groups in total. The lowest BCUT2D eigenvalue weighted by molar-refractivity contribution is -0.134. The minimum atomic E-state index is -0.517. The minimum Gasteiger partial charge on any atom is -0.497 e. The zero-order valence-electron chi connectivity index (χ0n) is 19.4. The topological polar surface area (TPSA) is 66.0 Å². The molecule has 2 amide bonds. The van der Waals surface area contributed by atoms with Crippen LogP contribution in [0.1, 0.15) is 22.5 Å². The Hall–Kier alpha value is -3.23. The minimum absolute atomic E-state index is 0.0292. The monoisotopic (exact) mass is 476 g/mol. The average molecular weight is 477 g/mol. The number of benzene rings is 2. The van der Waals surface area contributed by atoms with Crippen LogP contribution in [0.4, 0.5) is 5.69 Å². The Kier molecular flexibility index (Phi) is 6.34. The van der Waals surface area contributed by atoms with E-state index in [9.17, 15) is 9.59 Å². The zero-order chi connectivity index (χ0) is 23.7. The number of aryl methyl sites for hydroxylation is 1. The van der Waals surface area contributed by atoms with Crippen molar-refractivity contribution in [2.24, 2.45) is 0 Å². The number of hydrogen-bond donors (Lipinski definition) is 0. The Morgan fingerprint density at radius 1 is 1.03 bits per heavy atom.